The number of phosphoric acid groups is 1. The number of unbranched alkanes of at least 4 members (excludes halogenated alkanes) is 10. The van der Waals surface area contributed by atoms with Gasteiger partial charge in [-0.15, -0.1) is 0 Å². The molecule has 1 amide bonds. The summed E-state index contributed by atoms with van der Waals surface area (Å²) in [6.45, 7) is 4.59. The number of carbonyl (C=O) groups excluding carboxylic acids is 1. The Labute approximate surface area is 472 Å². The molecule has 0 aliphatic heterocycles. The summed E-state index contributed by atoms with van der Waals surface area (Å²) in [5.74, 6) is -0.242. The molecule has 8 nitrogen and oxygen atoms in total. The normalized spacial score (nSPS) is 15.2. The summed E-state index contributed by atoms with van der Waals surface area (Å²) < 4.78 is 23.6. The van der Waals surface area contributed by atoms with E-state index in [9.17, 15) is 19.4 Å². The molecule has 0 aromatic heterocycles. The molecule has 0 spiro atoms. The highest BCUT2D eigenvalue weighted by Crippen LogP contribution is 2.43. The van der Waals surface area contributed by atoms with Gasteiger partial charge in [-0.05, 0) is 135 Å². The minimum atomic E-state index is -4.38. The maximum absolute atomic E-state index is 13.0. The van der Waals surface area contributed by atoms with E-state index in [-0.39, 0.29) is 25.5 Å². The highest BCUT2D eigenvalue weighted by Gasteiger charge is 2.27. The first-order valence-corrected chi connectivity index (χ1v) is 31.2. The molecule has 3 unspecified atom stereocenters. The summed E-state index contributed by atoms with van der Waals surface area (Å²) in [4.78, 5) is 23.3. The lowest BCUT2D eigenvalue weighted by Crippen LogP contribution is -2.45. The Morgan fingerprint density at radius 3 is 1.19 bits per heavy atom. The number of nitrogens with one attached hydrogen (secondary N) is 1. The van der Waals surface area contributed by atoms with Crippen LogP contribution in [0.25, 0.3) is 0 Å². The van der Waals surface area contributed by atoms with Gasteiger partial charge < -0.3 is 19.8 Å². The number of hydrogen-bond donors (Lipinski definition) is 3. The molecule has 0 fully saturated rings. The highest BCUT2D eigenvalue weighted by atomic mass is 31.2. The lowest BCUT2D eigenvalue weighted by molar-refractivity contribution is -0.870. The standard InChI is InChI=1S/C68H109N2O6P/c1-6-8-10-12-14-16-18-20-22-24-25-26-27-28-29-30-31-32-33-34-35-36-37-38-39-40-41-42-43-44-45-46-48-50-52-54-56-58-60-62-68(72)69-66(65-76-77(73,74)75-64-63-70(3,4)5)67(71)61-59-57-55-53-51-49-47-23-21-19-17-15-13-11-9-7-2/h8,10,14,16,20-23,25-26,28-29,31-32,34-35,37-38,40-41,43-44,46,48,51-54,59,61,66-67,71H,6-7,9,11-13,15,17-19,24,27,30,33,36,39,42,45,47,49-50,55-58,60,62-65H2,1-5H3,(H-,69,72,73,74)/p+1/b10-8-,16-14-,22-20-,23-21+,26-25-,29-28-,32-31-,35-34-,38-37-,41-40-,44-43-,48-46-,53-51+,54-52-,61-59+. The number of carbonyl (C=O) groups is 1. The van der Waals surface area contributed by atoms with Gasteiger partial charge in [-0.3, -0.25) is 13.8 Å². The fourth-order valence-corrected chi connectivity index (χ4v) is 7.96. The van der Waals surface area contributed by atoms with E-state index in [1.165, 1.54) is 38.5 Å². The molecule has 3 atom stereocenters. The Morgan fingerprint density at radius 1 is 0.455 bits per heavy atom. The second-order valence-electron chi connectivity index (χ2n) is 20.3. The molecular formula is C68H110N2O6P+. The molecule has 9 heteroatoms. The molecule has 0 aliphatic carbocycles. The highest BCUT2D eigenvalue weighted by molar-refractivity contribution is 7.47. The van der Waals surface area contributed by atoms with Crippen molar-refractivity contribution in [2.24, 2.45) is 0 Å². The molecule has 0 aromatic rings. The Hall–Kier alpha value is -4.40. The zero-order valence-electron chi connectivity index (χ0n) is 49.1. The van der Waals surface area contributed by atoms with Crippen LogP contribution in [-0.4, -0.2) is 73.4 Å². The molecule has 3 N–H and O–H groups in total. The maximum atomic E-state index is 13.0. The Balaban J connectivity index is 4.33. The van der Waals surface area contributed by atoms with Gasteiger partial charge in [-0.25, -0.2) is 4.57 Å². The summed E-state index contributed by atoms with van der Waals surface area (Å²) >= 11 is 0. The van der Waals surface area contributed by atoms with Crippen LogP contribution in [0.2, 0.25) is 0 Å². The number of allylic oxidation sites excluding steroid dienone is 29. The molecule has 0 radical (unpaired) electrons. The van der Waals surface area contributed by atoms with Gasteiger partial charge in [0, 0.05) is 6.42 Å². The van der Waals surface area contributed by atoms with E-state index < -0.39 is 20.0 Å². The van der Waals surface area contributed by atoms with Gasteiger partial charge in [-0.1, -0.05) is 228 Å². The van der Waals surface area contributed by atoms with E-state index in [0.29, 0.717) is 17.4 Å². The Kier molecular flexibility index (Phi) is 53.1. The van der Waals surface area contributed by atoms with Crippen molar-refractivity contribution in [1.29, 1.82) is 0 Å². The average molecular weight is 1080 g/mol. The van der Waals surface area contributed by atoms with Crippen LogP contribution in [0, 0.1) is 0 Å². The lowest BCUT2D eigenvalue weighted by Gasteiger charge is -2.25. The van der Waals surface area contributed by atoms with Crippen molar-refractivity contribution in [3.05, 3.63) is 182 Å². The molecule has 0 saturated carbocycles. The fourth-order valence-electron chi connectivity index (χ4n) is 7.23. The predicted molar refractivity (Wildman–Crippen MR) is 336 cm³/mol. The molecule has 0 aliphatic rings. The van der Waals surface area contributed by atoms with Crippen molar-refractivity contribution >= 4 is 13.7 Å². The summed E-state index contributed by atoms with van der Waals surface area (Å²) in [5.41, 5.74) is 0. The van der Waals surface area contributed by atoms with Crippen molar-refractivity contribution in [3.8, 4) is 0 Å². The first-order chi connectivity index (χ1) is 37.5. The molecular weight excluding hydrogens is 972 g/mol. The van der Waals surface area contributed by atoms with Crippen molar-refractivity contribution < 1.29 is 32.9 Å². The fraction of sp³-hybridized carbons (Fsp3) is 0.544. The third kappa shape index (κ3) is 59.1. The third-order valence-corrected chi connectivity index (χ3v) is 12.8. The number of hydrogen-bond acceptors (Lipinski definition) is 5. The van der Waals surface area contributed by atoms with Crippen LogP contribution in [-0.2, 0) is 18.4 Å². The van der Waals surface area contributed by atoms with Crippen molar-refractivity contribution in [1.82, 2.24) is 5.32 Å². The second kappa shape index (κ2) is 56.3. The molecule has 77 heavy (non-hydrogen) atoms. The number of amides is 1. The van der Waals surface area contributed by atoms with Crippen LogP contribution < -0.4 is 5.32 Å². The third-order valence-electron chi connectivity index (χ3n) is 11.8. The van der Waals surface area contributed by atoms with E-state index in [2.05, 4.69) is 189 Å². The number of likely N-dealkylation sites (N-methyl/N-ethyl adjacent to an activating group) is 1. The summed E-state index contributed by atoms with van der Waals surface area (Å²) in [7, 11) is 1.49. The minimum absolute atomic E-state index is 0.0344. The van der Waals surface area contributed by atoms with Crippen molar-refractivity contribution in [2.45, 2.75) is 199 Å². The van der Waals surface area contributed by atoms with Crippen LogP contribution in [0.15, 0.2) is 182 Å². The number of rotatable bonds is 51. The SMILES string of the molecule is CC/C=C\C/C=C\C/C=C\C/C=C\C/C=C\C/C=C\C/C=C\C/C=C\C/C=C\C/C=C\C/C=C\C/C=C\CCCCC(=O)NC(COP(=O)(O)OCC[N+](C)(C)C)C(O)/C=C/CC/C=C/CC/C=C/CCCCCCCC. The predicted octanol–water partition coefficient (Wildman–Crippen LogP) is 18.6. The van der Waals surface area contributed by atoms with Crippen LogP contribution in [0.5, 0.6) is 0 Å². The van der Waals surface area contributed by atoms with E-state index in [4.69, 9.17) is 9.05 Å². The summed E-state index contributed by atoms with van der Waals surface area (Å²) in [5, 5.41) is 13.8. The van der Waals surface area contributed by atoms with E-state index in [1.54, 1.807) is 6.08 Å². The number of aliphatic hydroxyl groups excluding tert-OH is 1. The maximum Gasteiger partial charge on any atom is 0.472 e. The topological polar surface area (TPSA) is 105 Å². The lowest BCUT2D eigenvalue weighted by atomic mass is 10.1. The second-order valence-corrected chi connectivity index (χ2v) is 21.7. The van der Waals surface area contributed by atoms with Crippen molar-refractivity contribution in [2.75, 3.05) is 40.9 Å². The monoisotopic (exact) mass is 1080 g/mol. The van der Waals surface area contributed by atoms with E-state index in [0.717, 1.165) is 122 Å². The smallest absolute Gasteiger partial charge is 0.387 e. The van der Waals surface area contributed by atoms with Crippen LogP contribution in [0.3, 0.4) is 0 Å². The zero-order chi connectivity index (χ0) is 56.3. The Bertz CT molecular complexity index is 1900. The van der Waals surface area contributed by atoms with Crippen LogP contribution in [0.1, 0.15) is 187 Å². The molecule has 0 heterocycles. The van der Waals surface area contributed by atoms with Crippen LogP contribution in [0.4, 0.5) is 0 Å². The molecule has 0 saturated heterocycles. The molecule has 432 valence electrons. The number of aliphatic hydroxyl groups is 1. The van der Waals surface area contributed by atoms with Gasteiger partial charge in [0.15, 0.2) is 0 Å². The van der Waals surface area contributed by atoms with Gasteiger partial charge in [0.2, 0.25) is 5.91 Å². The molecule has 0 aromatic carbocycles. The zero-order valence-corrected chi connectivity index (χ0v) is 50.0. The average Bonchev–Trinajstić information content (AvgIpc) is 3.39. The number of phosphoric ester groups is 1. The Morgan fingerprint density at radius 2 is 0.792 bits per heavy atom. The van der Waals surface area contributed by atoms with Crippen molar-refractivity contribution in [3.63, 3.8) is 0 Å². The van der Waals surface area contributed by atoms with Gasteiger partial charge in [-0.2, -0.15) is 0 Å². The van der Waals surface area contributed by atoms with Gasteiger partial charge in [0.05, 0.1) is 39.9 Å². The minimum Gasteiger partial charge on any atom is -0.387 e. The first kappa shape index (κ1) is 72.6. The summed E-state index contributed by atoms with van der Waals surface area (Å²) in [6, 6.07) is -0.907. The number of nitrogens with zero attached hydrogens (tertiary/aromatic N) is 1. The van der Waals surface area contributed by atoms with Gasteiger partial charge in [0.25, 0.3) is 0 Å². The quantitative estimate of drug-likeness (QED) is 0.0243. The van der Waals surface area contributed by atoms with Crippen LogP contribution >= 0.6 is 7.82 Å². The van der Waals surface area contributed by atoms with E-state index >= 15 is 0 Å². The molecule has 0 rings (SSSR count). The summed E-state index contributed by atoms with van der Waals surface area (Å²) in [6.07, 6.45) is 91.5. The molecule has 0 bridgehead atoms. The van der Waals surface area contributed by atoms with E-state index in [1.807, 2.05) is 27.2 Å². The van der Waals surface area contributed by atoms with Gasteiger partial charge in [0.1, 0.15) is 13.2 Å². The first-order valence-electron chi connectivity index (χ1n) is 29.7. The van der Waals surface area contributed by atoms with Gasteiger partial charge >= 0.3 is 7.82 Å². The number of quaternary nitrogens is 1. The largest absolute Gasteiger partial charge is 0.472 e.